The minimum Gasteiger partial charge on any atom is -0.496 e. The van der Waals surface area contributed by atoms with Gasteiger partial charge >= 0.3 is 0 Å². The van der Waals surface area contributed by atoms with E-state index in [1.165, 1.54) is 7.11 Å². The zero-order chi connectivity index (χ0) is 14.7. The summed E-state index contributed by atoms with van der Waals surface area (Å²) in [5.74, 6) is 0.250. The van der Waals surface area contributed by atoms with Crippen molar-refractivity contribution in [1.29, 1.82) is 0 Å². The number of amides is 1. The van der Waals surface area contributed by atoms with Crippen molar-refractivity contribution in [3.8, 4) is 5.75 Å². The molecule has 0 saturated carbocycles. The maximum atomic E-state index is 12.6. The number of rotatable bonds is 3. The fourth-order valence-corrected chi connectivity index (χ4v) is 2.56. The number of hydrogen-bond donors (Lipinski definition) is 2. The second-order valence-electron chi connectivity index (χ2n) is 4.53. The lowest BCUT2D eigenvalue weighted by molar-refractivity contribution is 0.0764. The zero-order valence-electron chi connectivity index (χ0n) is 11.0. The van der Waals surface area contributed by atoms with Gasteiger partial charge in [-0.15, -0.1) is 0 Å². The van der Waals surface area contributed by atoms with Gasteiger partial charge in [0, 0.05) is 11.6 Å². The molecule has 1 unspecified atom stereocenters. The number of methoxy groups -OCH3 is 1. The van der Waals surface area contributed by atoms with Gasteiger partial charge < -0.3 is 20.6 Å². The molecule has 1 aromatic carbocycles. The van der Waals surface area contributed by atoms with Crippen LogP contribution in [-0.2, 0) is 0 Å². The summed E-state index contributed by atoms with van der Waals surface area (Å²) in [5, 5.41) is 12.2. The molecule has 0 aliphatic carbocycles. The normalized spacial score (nSPS) is 19.2. The lowest BCUT2D eigenvalue weighted by Crippen LogP contribution is -2.44. The van der Waals surface area contributed by atoms with Gasteiger partial charge in [0.15, 0.2) is 5.84 Å². The van der Waals surface area contributed by atoms with Gasteiger partial charge in [-0.3, -0.25) is 4.79 Å². The van der Waals surface area contributed by atoms with E-state index in [1.807, 2.05) is 0 Å². The van der Waals surface area contributed by atoms with E-state index in [-0.39, 0.29) is 11.7 Å². The standard InChI is InChI=1S/C13H16ClN3O3/c1-20-11-5-4-8(14)7-9(11)13(18)17-6-2-3-10(17)12(15)16-19/h4-5,7,10,19H,2-3,6H2,1H3,(H2,15,16). The van der Waals surface area contributed by atoms with Gasteiger partial charge in [-0.1, -0.05) is 16.8 Å². The van der Waals surface area contributed by atoms with Crippen molar-refractivity contribution in [2.45, 2.75) is 18.9 Å². The molecule has 0 radical (unpaired) electrons. The summed E-state index contributed by atoms with van der Waals surface area (Å²) < 4.78 is 5.19. The Morgan fingerprint density at radius 1 is 1.60 bits per heavy atom. The molecule has 108 valence electrons. The Morgan fingerprint density at radius 2 is 2.35 bits per heavy atom. The molecular weight excluding hydrogens is 282 g/mol. The highest BCUT2D eigenvalue weighted by molar-refractivity contribution is 6.31. The Hall–Kier alpha value is -1.95. The van der Waals surface area contributed by atoms with Crippen LogP contribution in [-0.4, -0.2) is 41.5 Å². The third kappa shape index (κ3) is 2.65. The van der Waals surface area contributed by atoms with Crippen LogP contribution in [0.15, 0.2) is 23.4 Å². The van der Waals surface area contributed by atoms with Crippen molar-refractivity contribution in [3.63, 3.8) is 0 Å². The smallest absolute Gasteiger partial charge is 0.258 e. The highest BCUT2D eigenvalue weighted by Crippen LogP contribution is 2.27. The molecule has 1 aromatic rings. The third-order valence-corrected chi connectivity index (χ3v) is 3.60. The molecule has 1 heterocycles. The first-order valence-electron chi connectivity index (χ1n) is 6.20. The molecule has 1 aliphatic rings. The van der Waals surface area contributed by atoms with E-state index in [4.69, 9.17) is 27.3 Å². The molecular formula is C13H16ClN3O3. The molecule has 1 saturated heterocycles. The largest absolute Gasteiger partial charge is 0.496 e. The average molecular weight is 298 g/mol. The first kappa shape index (κ1) is 14.5. The number of oxime groups is 1. The number of likely N-dealkylation sites (tertiary alicyclic amines) is 1. The SMILES string of the molecule is COc1ccc(Cl)cc1C(=O)N1CCCC1C(N)=NO. The van der Waals surface area contributed by atoms with E-state index in [2.05, 4.69) is 5.16 Å². The van der Waals surface area contributed by atoms with Crippen molar-refractivity contribution in [2.75, 3.05) is 13.7 Å². The number of nitrogens with zero attached hydrogens (tertiary/aromatic N) is 2. The summed E-state index contributed by atoms with van der Waals surface area (Å²) in [6.07, 6.45) is 1.47. The van der Waals surface area contributed by atoms with Crippen LogP contribution in [0.5, 0.6) is 5.75 Å². The first-order valence-corrected chi connectivity index (χ1v) is 6.58. The van der Waals surface area contributed by atoms with Crippen LogP contribution < -0.4 is 10.5 Å². The Bertz CT molecular complexity index is 548. The van der Waals surface area contributed by atoms with Crippen molar-refractivity contribution >= 4 is 23.3 Å². The molecule has 0 bridgehead atoms. The van der Waals surface area contributed by atoms with Crippen LogP contribution in [0.4, 0.5) is 0 Å². The maximum Gasteiger partial charge on any atom is 0.258 e. The van der Waals surface area contributed by atoms with E-state index in [0.717, 1.165) is 6.42 Å². The maximum absolute atomic E-state index is 12.6. The quantitative estimate of drug-likeness (QED) is 0.385. The van der Waals surface area contributed by atoms with Gasteiger partial charge in [-0.05, 0) is 31.0 Å². The Balaban J connectivity index is 2.33. The van der Waals surface area contributed by atoms with E-state index < -0.39 is 6.04 Å². The Labute approximate surface area is 121 Å². The summed E-state index contributed by atoms with van der Waals surface area (Å²) in [4.78, 5) is 14.2. The van der Waals surface area contributed by atoms with Crippen LogP contribution in [0.25, 0.3) is 0 Å². The minimum atomic E-state index is -0.392. The number of halogens is 1. The summed E-state index contributed by atoms with van der Waals surface area (Å²) in [6, 6.07) is 4.47. The molecule has 6 nitrogen and oxygen atoms in total. The van der Waals surface area contributed by atoms with Gasteiger partial charge in [0.1, 0.15) is 5.75 Å². The third-order valence-electron chi connectivity index (χ3n) is 3.36. The number of benzene rings is 1. The van der Waals surface area contributed by atoms with Crippen molar-refractivity contribution in [3.05, 3.63) is 28.8 Å². The number of ether oxygens (including phenoxy) is 1. The van der Waals surface area contributed by atoms with Crippen LogP contribution in [0.1, 0.15) is 23.2 Å². The van der Waals surface area contributed by atoms with E-state index in [1.54, 1.807) is 23.1 Å². The summed E-state index contributed by atoms with van der Waals surface area (Å²) in [6.45, 7) is 0.551. The minimum absolute atomic E-state index is 0.0387. The summed E-state index contributed by atoms with van der Waals surface area (Å²) >= 11 is 5.94. The van der Waals surface area contributed by atoms with Crippen LogP contribution in [0, 0.1) is 0 Å². The van der Waals surface area contributed by atoms with Crippen LogP contribution in [0.3, 0.4) is 0 Å². The van der Waals surface area contributed by atoms with Crippen molar-refractivity contribution in [1.82, 2.24) is 4.90 Å². The highest BCUT2D eigenvalue weighted by atomic mass is 35.5. The zero-order valence-corrected chi connectivity index (χ0v) is 11.8. The Kier molecular flexibility index (Phi) is 4.34. The van der Waals surface area contributed by atoms with Gasteiger partial charge in [-0.25, -0.2) is 0 Å². The highest BCUT2D eigenvalue weighted by Gasteiger charge is 2.33. The number of carbonyl (C=O) groups excluding carboxylic acids is 1. The van der Waals surface area contributed by atoms with Crippen LogP contribution in [0.2, 0.25) is 5.02 Å². The molecule has 0 aromatic heterocycles. The predicted octanol–water partition coefficient (Wildman–Crippen LogP) is 1.70. The summed E-state index contributed by atoms with van der Waals surface area (Å²) in [5.41, 5.74) is 6.01. The number of carbonyl (C=O) groups is 1. The van der Waals surface area contributed by atoms with E-state index in [9.17, 15) is 4.79 Å². The first-order chi connectivity index (χ1) is 9.58. The number of hydrogen-bond acceptors (Lipinski definition) is 4. The van der Waals surface area contributed by atoms with Crippen LogP contribution >= 0.6 is 11.6 Å². The monoisotopic (exact) mass is 297 g/mol. The molecule has 20 heavy (non-hydrogen) atoms. The molecule has 3 N–H and O–H groups in total. The molecule has 2 rings (SSSR count). The van der Waals surface area contributed by atoms with E-state index >= 15 is 0 Å². The van der Waals surface area contributed by atoms with E-state index in [0.29, 0.717) is 29.3 Å². The lowest BCUT2D eigenvalue weighted by atomic mass is 10.1. The fraction of sp³-hybridized carbons (Fsp3) is 0.385. The molecule has 0 spiro atoms. The second-order valence-corrected chi connectivity index (χ2v) is 4.96. The average Bonchev–Trinajstić information content (AvgIpc) is 2.95. The van der Waals surface area contributed by atoms with Gasteiger partial charge in [-0.2, -0.15) is 0 Å². The topological polar surface area (TPSA) is 88.2 Å². The molecule has 1 atom stereocenters. The predicted molar refractivity (Wildman–Crippen MR) is 75.5 cm³/mol. The fourth-order valence-electron chi connectivity index (χ4n) is 2.39. The molecule has 7 heteroatoms. The van der Waals surface area contributed by atoms with Crippen molar-refractivity contribution in [2.24, 2.45) is 10.9 Å². The summed E-state index contributed by atoms with van der Waals surface area (Å²) in [7, 11) is 1.49. The molecule has 1 fully saturated rings. The number of amidine groups is 1. The van der Waals surface area contributed by atoms with Gasteiger partial charge in [0.05, 0.1) is 18.7 Å². The molecule has 1 aliphatic heterocycles. The van der Waals surface area contributed by atoms with Crippen molar-refractivity contribution < 1.29 is 14.7 Å². The van der Waals surface area contributed by atoms with Gasteiger partial charge in [0.2, 0.25) is 0 Å². The lowest BCUT2D eigenvalue weighted by Gasteiger charge is -2.24. The van der Waals surface area contributed by atoms with Gasteiger partial charge in [0.25, 0.3) is 5.91 Å². The second kappa shape index (κ2) is 6.00. The number of nitrogens with two attached hydrogens (primary N) is 1. The molecule has 1 amide bonds. The Morgan fingerprint density at radius 3 is 3.00 bits per heavy atom.